The Morgan fingerprint density at radius 1 is 0.909 bits per heavy atom. The molecule has 0 aliphatic carbocycles. The summed E-state index contributed by atoms with van der Waals surface area (Å²) in [7, 11) is -3.61. The first kappa shape index (κ1) is 23.9. The highest BCUT2D eigenvalue weighted by atomic mass is 32.2. The van der Waals surface area contributed by atoms with E-state index in [1.807, 2.05) is 18.2 Å². The number of anilines is 3. The first-order valence-corrected chi connectivity index (χ1v) is 13.3. The van der Waals surface area contributed by atoms with Crippen LogP contribution in [0.2, 0.25) is 0 Å². The summed E-state index contributed by atoms with van der Waals surface area (Å²) in [6, 6.07) is 11.4. The van der Waals surface area contributed by atoms with E-state index in [0.29, 0.717) is 37.1 Å². The summed E-state index contributed by atoms with van der Waals surface area (Å²) in [6.07, 6.45) is 3.46. The number of nitrogens with zero attached hydrogens (tertiary/aromatic N) is 2. The third-order valence-electron chi connectivity index (χ3n) is 6.29. The number of hydrogen-bond acceptors (Lipinski definition) is 5. The van der Waals surface area contributed by atoms with Crippen molar-refractivity contribution in [3.63, 3.8) is 0 Å². The highest BCUT2D eigenvalue weighted by Gasteiger charge is 2.28. The van der Waals surface area contributed by atoms with Gasteiger partial charge in [0.2, 0.25) is 10.0 Å². The van der Waals surface area contributed by atoms with Gasteiger partial charge in [-0.2, -0.15) is 4.31 Å². The molecule has 0 radical (unpaired) electrons. The quantitative estimate of drug-likeness (QED) is 0.613. The average Bonchev–Trinajstić information content (AvgIpc) is 2.82. The second-order valence-electron chi connectivity index (χ2n) is 8.62. The smallest absolute Gasteiger partial charge is 0.243 e. The van der Waals surface area contributed by atoms with E-state index >= 15 is 0 Å². The predicted molar refractivity (Wildman–Crippen MR) is 138 cm³/mol. The molecule has 7 nitrogen and oxygen atoms in total. The van der Waals surface area contributed by atoms with Crippen LogP contribution in [0.1, 0.15) is 30.4 Å². The van der Waals surface area contributed by atoms with Crippen molar-refractivity contribution in [3.05, 3.63) is 47.5 Å². The molecule has 2 aromatic rings. The molecule has 9 heteroatoms. The summed E-state index contributed by atoms with van der Waals surface area (Å²) in [4.78, 5) is 2.57. The van der Waals surface area contributed by atoms with Crippen molar-refractivity contribution in [2.45, 2.75) is 38.0 Å². The van der Waals surface area contributed by atoms with Gasteiger partial charge in [-0.3, -0.25) is 0 Å². The number of piperidine rings is 1. The predicted octanol–water partition coefficient (Wildman–Crippen LogP) is 4.12. The van der Waals surface area contributed by atoms with Crippen molar-refractivity contribution >= 4 is 44.4 Å². The normalized spacial score (nSPS) is 17.6. The van der Waals surface area contributed by atoms with E-state index in [0.717, 1.165) is 37.3 Å². The first-order chi connectivity index (χ1) is 15.8. The Labute approximate surface area is 202 Å². The Morgan fingerprint density at radius 3 is 2.33 bits per heavy atom. The van der Waals surface area contributed by atoms with Crippen LogP contribution in [0.15, 0.2) is 41.3 Å². The van der Waals surface area contributed by atoms with E-state index < -0.39 is 10.0 Å². The summed E-state index contributed by atoms with van der Waals surface area (Å²) in [5.41, 5.74) is 4.96. The van der Waals surface area contributed by atoms with Gasteiger partial charge in [-0.25, -0.2) is 8.42 Å². The molecule has 178 valence electrons. The standard InChI is InChI=1S/C24H32N4O3S2/c1-18-6-7-20(16-19(18)2)25-24(32)26-22-17-21(33(29,30)28-12-14-31-15-13-28)8-9-23(22)27-10-4-3-5-11-27/h6-9,16-17H,3-5,10-15H2,1-2H3,(H2,25,26,32). The van der Waals surface area contributed by atoms with E-state index in [2.05, 4.69) is 35.4 Å². The molecule has 4 rings (SSSR count). The monoisotopic (exact) mass is 488 g/mol. The van der Waals surface area contributed by atoms with Gasteiger partial charge in [-0.05, 0) is 86.8 Å². The Kier molecular flexibility index (Phi) is 7.53. The van der Waals surface area contributed by atoms with E-state index in [9.17, 15) is 8.42 Å². The first-order valence-electron chi connectivity index (χ1n) is 11.5. The molecule has 0 saturated carbocycles. The fourth-order valence-corrected chi connectivity index (χ4v) is 5.89. The van der Waals surface area contributed by atoms with Crippen molar-refractivity contribution in [2.24, 2.45) is 0 Å². The van der Waals surface area contributed by atoms with E-state index in [1.165, 1.54) is 21.9 Å². The molecule has 0 spiro atoms. The number of aryl methyl sites for hydroxylation is 2. The molecule has 2 saturated heterocycles. The zero-order chi connectivity index (χ0) is 23.4. The van der Waals surface area contributed by atoms with E-state index in [1.54, 1.807) is 12.1 Å². The second-order valence-corrected chi connectivity index (χ2v) is 11.0. The lowest BCUT2D eigenvalue weighted by Crippen LogP contribution is -2.40. The Hall–Kier alpha value is -2.20. The maximum absolute atomic E-state index is 13.3. The van der Waals surface area contributed by atoms with Gasteiger partial charge in [0.1, 0.15) is 0 Å². The van der Waals surface area contributed by atoms with Crippen LogP contribution in [0.4, 0.5) is 17.1 Å². The lowest BCUT2D eigenvalue weighted by molar-refractivity contribution is 0.0730. The van der Waals surface area contributed by atoms with Gasteiger partial charge in [-0.15, -0.1) is 0 Å². The molecule has 2 fully saturated rings. The number of ether oxygens (including phenoxy) is 1. The van der Waals surface area contributed by atoms with Crippen LogP contribution >= 0.6 is 12.2 Å². The second kappa shape index (κ2) is 10.4. The van der Waals surface area contributed by atoms with Crippen LogP contribution in [0, 0.1) is 13.8 Å². The molecule has 2 heterocycles. The van der Waals surface area contributed by atoms with Crippen molar-refractivity contribution in [1.82, 2.24) is 4.31 Å². The Balaban J connectivity index is 1.61. The molecule has 0 amide bonds. The molecular weight excluding hydrogens is 456 g/mol. The molecular formula is C24H32N4O3S2. The fourth-order valence-electron chi connectivity index (χ4n) is 4.23. The molecule has 2 aromatic carbocycles. The Bertz CT molecular complexity index is 1110. The fraction of sp³-hybridized carbons (Fsp3) is 0.458. The zero-order valence-corrected chi connectivity index (χ0v) is 20.9. The average molecular weight is 489 g/mol. The molecule has 2 aliphatic heterocycles. The SMILES string of the molecule is Cc1ccc(NC(=S)Nc2cc(S(=O)(=O)N3CCOCC3)ccc2N2CCCCC2)cc1C. The van der Waals surface area contributed by atoms with Gasteiger partial charge in [0.25, 0.3) is 0 Å². The third kappa shape index (κ3) is 5.66. The number of nitrogens with one attached hydrogen (secondary N) is 2. The van der Waals surface area contributed by atoms with Crippen LogP contribution < -0.4 is 15.5 Å². The van der Waals surface area contributed by atoms with Crippen LogP contribution in [-0.4, -0.2) is 57.2 Å². The summed E-state index contributed by atoms with van der Waals surface area (Å²) < 4.78 is 33.3. The minimum absolute atomic E-state index is 0.265. The van der Waals surface area contributed by atoms with Gasteiger partial charge in [-0.1, -0.05) is 6.07 Å². The molecule has 2 aliphatic rings. The van der Waals surface area contributed by atoms with E-state index in [-0.39, 0.29) is 4.90 Å². The van der Waals surface area contributed by atoms with Crippen molar-refractivity contribution in [3.8, 4) is 0 Å². The maximum atomic E-state index is 13.3. The van der Waals surface area contributed by atoms with Gasteiger partial charge >= 0.3 is 0 Å². The van der Waals surface area contributed by atoms with Crippen LogP contribution in [0.3, 0.4) is 0 Å². The molecule has 33 heavy (non-hydrogen) atoms. The molecule has 2 N–H and O–H groups in total. The van der Waals surface area contributed by atoms with Gasteiger partial charge in [0.05, 0.1) is 29.5 Å². The van der Waals surface area contributed by atoms with Gasteiger partial charge in [0, 0.05) is 31.9 Å². The summed E-state index contributed by atoms with van der Waals surface area (Å²) in [5, 5.41) is 6.94. The summed E-state index contributed by atoms with van der Waals surface area (Å²) in [6.45, 7) is 7.59. The molecule has 0 aromatic heterocycles. The lowest BCUT2D eigenvalue weighted by atomic mass is 10.1. The summed E-state index contributed by atoms with van der Waals surface area (Å²) in [5.74, 6) is 0. The molecule has 0 atom stereocenters. The van der Waals surface area contributed by atoms with Crippen LogP contribution in [0.25, 0.3) is 0 Å². The number of thiocarbonyl (C=S) groups is 1. The largest absolute Gasteiger partial charge is 0.379 e. The maximum Gasteiger partial charge on any atom is 0.243 e. The molecule has 0 bridgehead atoms. The topological polar surface area (TPSA) is 73.9 Å². The lowest BCUT2D eigenvalue weighted by Gasteiger charge is -2.31. The highest BCUT2D eigenvalue weighted by molar-refractivity contribution is 7.89. The van der Waals surface area contributed by atoms with Crippen LogP contribution in [0.5, 0.6) is 0 Å². The number of morpholine rings is 1. The highest BCUT2D eigenvalue weighted by Crippen LogP contribution is 2.32. The van der Waals surface area contributed by atoms with Gasteiger partial charge < -0.3 is 20.3 Å². The Morgan fingerprint density at radius 2 is 1.64 bits per heavy atom. The number of hydrogen-bond donors (Lipinski definition) is 2. The number of rotatable bonds is 5. The van der Waals surface area contributed by atoms with E-state index in [4.69, 9.17) is 17.0 Å². The van der Waals surface area contributed by atoms with Crippen molar-refractivity contribution in [2.75, 3.05) is 54.9 Å². The minimum atomic E-state index is -3.61. The number of benzene rings is 2. The number of sulfonamides is 1. The van der Waals surface area contributed by atoms with Crippen molar-refractivity contribution < 1.29 is 13.2 Å². The summed E-state index contributed by atoms with van der Waals surface area (Å²) >= 11 is 5.60. The van der Waals surface area contributed by atoms with Gasteiger partial charge in [0.15, 0.2) is 5.11 Å². The molecule has 0 unspecified atom stereocenters. The third-order valence-corrected chi connectivity index (χ3v) is 8.38. The van der Waals surface area contributed by atoms with Crippen molar-refractivity contribution in [1.29, 1.82) is 0 Å². The zero-order valence-electron chi connectivity index (χ0n) is 19.3. The van der Waals surface area contributed by atoms with Crippen LogP contribution in [-0.2, 0) is 14.8 Å². The minimum Gasteiger partial charge on any atom is -0.379 e.